The summed E-state index contributed by atoms with van der Waals surface area (Å²) in [6, 6.07) is 16.5. The van der Waals surface area contributed by atoms with Crippen LogP contribution in [0.3, 0.4) is 0 Å². The molecule has 3 heteroatoms. The van der Waals surface area contributed by atoms with Gasteiger partial charge in [-0.3, -0.25) is 0 Å². The van der Waals surface area contributed by atoms with Crippen molar-refractivity contribution < 1.29 is 5.11 Å². The minimum Gasteiger partial charge on any atom is -0.385 e. The fourth-order valence-electron chi connectivity index (χ4n) is 2.02. The summed E-state index contributed by atoms with van der Waals surface area (Å²) < 4.78 is 0. The van der Waals surface area contributed by atoms with E-state index in [1.807, 2.05) is 24.3 Å². The van der Waals surface area contributed by atoms with Gasteiger partial charge in [0.25, 0.3) is 0 Å². The predicted molar refractivity (Wildman–Crippen MR) is 75.9 cm³/mol. The molecule has 0 bridgehead atoms. The Morgan fingerprint density at radius 2 is 1.79 bits per heavy atom. The Kier molecular flexibility index (Phi) is 3.90. The topological polar surface area (TPSA) is 44.0 Å². The molecule has 2 aromatic carbocycles. The van der Waals surface area contributed by atoms with Crippen molar-refractivity contribution in [3.63, 3.8) is 0 Å². The molecule has 0 saturated carbocycles. The number of halogens is 1. The second kappa shape index (κ2) is 5.44. The van der Waals surface area contributed by atoms with Crippen LogP contribution >= 0.6 is 11.6 Å². The molecule has 1 atom stereocenters. The van der Waals surface area contributed by atoms with E-state index in [9.17, 15) is 5.11 Å². The Morgan fingerprint density at radius 3 is 2.37 bits per heavy atom. The first-order valence-corrected chi connectivity index (χ1v) is 6.37. The van der Waals surface area contributed by atoms with Crippen molar-refractivity contribution in [1.29, 1.82) is 5.26 Å². The molecule has 2 rings (SSSR count). The van der Waals surface area contributed by atoms with Crippen molar-refractivity contribution in [3.05, 3.63) is 70.2 Å². The van der Waals surface area contributed by atoms with Gasteiger partial charge in [0.2, 0.25) is 0 Å². The van der Waals surface area contributed by atoms with E-state index >= 15 is 0 Å². The lowest BCUT2D eigenvalue weighted by Crippen LogP contribution is -2.24. The Bertz CT molecular complexity index is 611. The van der Waals surface area contributed by atoms with E-state index in [-0.39, 0.29) is 0 Å². The third-order valence-corrected chi connectivity index (χ3v) is 3.50. The first-order chi connectivity index (χ1) is 9.03. The minimum absolute atomic E-state index is 0.429. The van der Waals surface area contributed by atoms with Crippen molar-refractivity contribution in [1.82, 2.24) is 0 Å². The number of nitriles is 1. The third-order valence-electron chi connectivity index (χ3n) is 3.13. The highest BCUT2D eigenvalue weighted by Crippen LogP contribution is 2.28. The van der Waals surface area contributed by atoms with Crippen LogP contribution in [0.1, 0.15) is 23.6 Å². The molecular formula is C16H14ClNO. The summed E-state index contributed by atoms with van der Waals surface area (Å²) in [4.78, 5) is 0. The van der Waals surface area contributed by atoms with Gasteiger partial charge < -0.3 is 5.11 Å². The maximum atomic E-state index is 10.6. The van der Waals surface area contributed by atoms with E-state index in [0.29, 0.717) is 17.0 Å². The number of hydrogen-bond donors (Lipinski definition) is 1. The van der Waals surface area contributed by atoms with Gasteiger partial charge >= 0.3 is 0 Å². The quantitative estimate of drug-likeness (QED) is 0.926. The first kappa shape index (κ1) is 13.6. The predicted octanol–water partition coefficient (Wildman–Crippen LogP) is 3.66. The molecule has 96 valence electrons. The normalized spacial score (nSPS) is 13.6. The van der Waals surface area contributed by atoms with Crippen LogP contribution in [0.4, 0.5) is 0 Å². The number of benzene rings is 2. The second-order valence-corrected chi connectivity index (χ2v) is 5.14. The fourth-order valence-corrected chi connectivity index (χ4v) is 2.22. The smallest absolute Gasteiger partial charge is 0.0991 e. The molecule has 0 aliphatic carbocycles. The lowest BCUT2D eigenvalue weighted by Gasteiger charge is -2.24. The highest BCUT2D eigenvalue weighted by molar-refractivity contribution is 6.31. The van der Waals surface area contributed by atoms with E-state index in [0.717, 1.165) is 11.1 Å². The fraction of sp³-hybridized carbons (Fsp3) is 0.188. The summed E-state index contributed by atoms with van der Waals surface area (Å²) >= 11 is 6.11. The summed E-state index contributed by atoms with van der Waals surface area (Å²) in [5, 5.41) is 20.0. The van der Waals surface area contributed by atoms with Gasteiger partial charge in [-0.2, -0.15) is 5.26 Å². The molecule has 0 fully saturated rings. The molecule has 0 saturated heterocycles. The maximum Gasteiger partial charge on any atom is 0.0991 e. The van der Waals surface area contributed by atoms with Crippen molar-refractivity contribution in [3.8, 4) is 6.07 Å². The van der Waals surface area contributed by atoms with Crippen LogP contribution in [0.5, 0.6) is 0 Å². The molecule has 0 aliphatic heterocycles. The summed E-state index contributed by atoms with van der Waals surface area (Å²) in [6.45, 7) is 1.75. The zero-order valence-electron chi connectivity index (χ0n) is 10.6. The van der Waals surface area contributed by atoms with Crippen molar-refractivity contribution in [2.45, 2.75) is 18.9 Å². The van der Waals surface area contributed by atoms with Gasteiger partial charge in [-0.1, -0.05) is 41.9 Å². The average molecular weight is 272 g/mol. The van der Waals surface area contributed by atoms with Crippen molar-refractivity contribution >= 4 is 11.6 Å². The van der Waals surface area contributed by atoms with Gasteiger partial charge in [0.05, 0.1) is 17.2 Å². The van der Waals surface area contributed by atoms with Gasteiger partial charge in [0.15, 0.2) is 0 Å². The number of nitrogens with zero attached hydrogens (tertiary/aromatic N) is 1. The van der Waals surface area contributed by atoms with Gasteiger partial charge in [-0.05, 0) is 36.2 Å². The van der Waals surface area contributed by atoms with Crippen molar-refractivity contribution in [2.24, 2.45) is 0 Å². The molecule has 1 unspecified atom stereocenters. The lowest BCUT2D eigenvalue weighted by molar-refractivity contribution is 0.0576. The molecule has 0 spiro atoms. The molecule has 1 N–H and O–H groups in total. The van der Waals surface area contributed by atoms with E-state index in [1.54, 1.807) is 31.2 Å². The summed E-state index contributed by atoms with van der Waals surface area (Å²) in [7, 11) is 0. The highest BCUT2D eigenvalue weighted by atomic mass is 35.5. The SMILES string of the molecule is CC(O)(Cc1ccccc1Cl)c1ccc(C#N)cc1. The Morgan fingerprint density at radius 1 is 1.16 bits per heavy atom. The molecule has 0 radical (unpaired) electrons. The van der Waals surface area contributed by atoms with E-state index in [2.05, 4.69) is 6.07 Å². The summed E-state index contributed by atoms with van der Waals surface area (Å²) in [5.74, 6) is 0. The maximum absolute atomic E-state index is 10.6. The molecule has 2 aromatic rings. The van der Waals surface area contributed by atoms with Gasteiger partial charge in [-0.15, -0.1) is 0 Å². The minimum atomic E-state index is -1.01. The summed E-state index contributed by atoms with van der Waals surface area (Å²) in [5.41, 5.74) is 1.24. The molecule has 0 aliphatic rings. The number of hydrogen-bond acceptors (Lipinski definition) is 2. The van der Waals surface area contributed by atoms with Crippen LogP contribution < -0.4 is 0 Å². The van der Waals surface area contributed by atoms with Gasteiger partial charge in [0.1, 0.15) is 0 Å². The molecule has 0 aromatic heterocycles. The Labute approximate surface area is 117 Å². The van der Waals surface area contributed by atoms with E-state index in [4.69, 9.17) is 16.9 Å². The average Bonchev–Trinajstić information content (AvgIpc) is 2.41. The zero-order chi connectivity index (χ0) is 13.9. The largest absolute Gasteiger partial charge is 0.385 e. The number of rotatable bonds is 3. The van der Waals surface area contributed by atoms with Crippen LogP contribution in [0, 0.1) is 11.3 Å². The molecule has 19 heavy (non-hydrogen) atoms. The summed E-state index contributed by atoms with van der Waals surface area (Å²) in [6.07, 6.45) is 0.429. The Hall–Kier alpha value is -1.82. The van der Waals surface area contributed by atoms with E-state index < -0.39 is 5.60 Å². The van der Waals surface area contributed by atoms with Crippen LogP contribution in [0.15, 0.2) is 48.5 Å². The highest BCUT2D eigenvalue weighted by Gasteiger charge is 2.24. The van der Waals surface area contributed by atoms with Crippen LogP contribution in [-0.2, 0) is 12.0 Å². The number of aliphatic hydroxyl groups is 1. The zero-order valence-corrected chi connectivity index (χ0v) is 11.4. The van der Waals surface area contributed by atoms with E-state index in [1.165, 1.54) is 0 Å². The third kappa shape index (κ3) is 3.14. The van der Waals surface area contributed by atoms with Crippen LogP contribution in [-0.4, -0.2) is 5.11 Å². The molecular weight excluding hydrogens is 258 g/mol. The molecule has 2 nitrogen and oxygen atoms in total. The lowest BCUT2D eigenvalue weighted by atomic mass is 9.88. The second-order valence-electron chi connectivity index (χ2n) is 4.73. The molecule has 0 heterocycles. The van der Waals surface area contributed by atoms with Crippen LogP contribution in [0.2, 0.25) is 5.02 Å². The van der Waals surface area contributed by atoms with Gasteiger partial charge in [-0.25, -0.2) is 0 Å². The monoisotopic (exact) mass is 271 g/mol. The molecule has 0 amide bonds. The van der Waals surface area contributed by atoms with Gasteiger partial charge in [0, 0.05) is 11.4 Å². The van der Waals surface area contributed by atoms with Crippen molar-refractivity contribution in [2.75, 3.05) is 0 Å². The Balaban J connectivity index is 2.27. The van der Waals surface area contributed by atoms with Crippen LogP contribution in [0.25, 0.3) is 0 Å². The standard InChI is InChI=1S/C16H14ClNO/c1-16(19,10-13-4-2-3-5-15(13)17)14-8-6-12(11-18)7-9-14/h2-9,19H,10H2,1H3. The first-order valence-electron chi connectivity index (χ1n) is 5.99.